The van der Waals surface area contributed by atoms with Gasteiger partial charge in [-0.2, -0.15) is 4.31 Å². The predicted molar refractivity (Wildman–Crippen MR) is 145 cm³/mol. The SMILES string of the molecule is COc1cccc(Cn2c(C)c(C3CCN(S(=O)(=O)c4cc(C)ccc4C)CC3)c3ccccc32)c1. The molecule has 1 fully saturated rings. The lowest BCUT2D eigenvalue weighted by molar-refractivity contribution is 0.319. The van der Waals surface area contributed by atoms with E-state index < -0.39 is 10.0 Å². The Kier molecular flexibility index (Phi) is 6.66. The van der Waals surface area contributed by atoms with Gasteiger partial charge in [-0.25, -0.2) is 8.42 Å². The third-order valence-corrected chi connectivity index (χ3v) is 9.62. The summed E-state index contributed by atoms with van der Waals surface area (Å²) in [6.45, 7) is 7.86. The number of hydrogen-bond donors (Lipinski definition) is 0. The summed E-state index contributed by atoms with van der Waals surface area (Å²) in [5.41, 5.74) is 6.80. The van der Waals surface area contributed by atoms with Gasteiger partial charge in [0.2, 0.25) is 10.0 Å². The number of benzene rings is 3. The van der Waals surface area contributed by atoms with Gasteiger partial charge in [0, 0.05) is 36.2 Å². The van der Waals surface area contributed by atoms with E-state index in [9.17, 15) is 8.42 Å². The molecular formula is C30H34N2O3S. The van der Waals surface area contributed by atoms with Crippen LogP contribution in [0.1, 0.15) is 46.7 Å². The molecule has 0 bridgehead atoms. The Bertz CT molecular complexity index is 1510. The Labute approximate surface area is 214 Å². The Morgan fingerprint density at radius 2 is 1.67 bits per heavy atom. The zero-order valence-corrected chi connectivity index (χ0v) is 22.3. The van der Waals surface area contributed by atoms with E-state index in [2.05, 4.69) is 47.9 Å². The molecule has 0 unspecified atom stereocenters. The molecule has 1 saturated heterocycles. The molecule has 1 aromatic heterocycles. The van der Waals surface area contributed by atoms with Crippen molar-refractivity contribution in [3.05, 3.63) is 94.7 Å². The van der Waals surface area contributed by atoms with Crippen LogP contribution in [0.5, 0.6) is 5.75 Å². The van der Waals surface area contributed by atoms with Gasteiger partial charge in [0.05, 0.1) is 12.0 Å². The minimum atomic E-state index is -3.50. The standard InChI is InChI=1S/C30H34N2O3S/c1-21-12-13-22(2)29(18-21)36(33,34)31-16-14-25(15-17-31)30-23(3)32(28-11-6-5-10-27(28)30)20-24-8-7-9-26(19-24)35-4/h5-13,18-19,25H,14-17,20H2,1-4H3. The van der Waals surface area contributed by atoms with Crippen LogP contribution in [0.2, 0.25) is 0 Å². The molecule has 0 N–H and O–H groups in total. The van der Waals surface area contributed by atoms with Crippen LogP contribution >= 0.6 is 0 Å². The van der Waals surface area contributed by atoms with Crippen molar-refractivity contribution in [3.8, 4) is 5.75 Å². The molecule has 0 amide bonds. The quantitative estimate of drug-likeness (QED) is 0.316. The summed E-state index contributed by atoms with van der Waals surface area (Å²) in [5.74, 6) is 1.19. The van der Waals surface area contributed by atoms with Crippen molar-refractivity contribution in [2.45, 2.75) is 51.0 Å². The average molecular weight is 503 g/mol. The fraction of sp³-hybridized carbons (Fsp3) is 0.333. The molecule has 1 aliphatic rings. The molecule has 5 rings (SSSR count). The minimum Gasteiger partial charge on any atom is -0.497 e. The maximum Gasteiger partial charge on any atom is 0.243 e. The van der Waals surface area contributed by atoms with Crippen molar-refractivity contribution >= 4 is 20.9 Å². The van der Waals surface area contributed by atoms with E-state index in [1.54, 1.807) is 17.5 Å². The van der Waals surface area contributed by atoms with Gasteiger partial charge in [-0.05, 0) is 86.1 Å². The van der Waals surface area contributed by atoms with Crippen LogP contribution in [0.4, 0.5) is 0 Å². The van der Waals surface area contributed by atoms with Crippen molar-refractivity contribution in [1.29, 1.82) is 0 Å². The molecule has 2 heterocycles. The lowest BCUT2D eigenvalue weighted by atomic mass is 9.88. The number of para-hydroxylation sites is 1. The average Bonchev–Trinajstić information content (AvgIpc) is 3.16. The number of piperidine rings is 1. The largest absolute Gasteiger partial charge is 0.497 e. The van der Waals surface area contributed by atoms with E-state index >= 15 is 0 Å². The van der Waals surface area contributed by atoms with Crippen LogP contribution in [0.3, 0.4) is 0 Å². The van der Waals surface area contributed by atoms with Gasteiger partial charge in [0.1, 0.15) is 5.75 Å². The molecule has 6 heteroatoms. The highest BCUT2D eigenvalue weighted by molar-refractivity contribution is 7.89. The van der Waals surface area contributed by atoms with Crippen molar-refractivity contribution in [2.24, 2.45) is 0 Å². The van der Waals surface area contributed by atoms with E-state index in [1.807, 2.05) is 38.1 Å². The Hall–Kier alpha value is -3.09. The van der Waals surface area contributed by atoms with E-state index in [1.165, 1.54) is 27.7 Å². The first-order chi connectivity index (χ1) is 17.3. The van der Waals surface area contributed by atoms with Crippen LogP contribution in [0.25, 0.3) is 10.9 Å². The van der Waals surface area contributed by atoms with Crippen molar-refractivity contribution in [3.63, 3.8) is 0 Å². The first kappa shape index (κ1) is 24.6. The Morgan fingerprint density at radius 3 is 2.42 bits per heavy atom. The van der Waals surface area contributed by atoms with Crippen LogP contribution in [0.15, 0.2) is 71.6 Å². The number of methoxy groups -OCH3 is 1. The van der Waals surface area contributed by atoms with Crippen molar-refractivity contribution < 1.29 is 13.2 Å². The van der Waals surface area contributed by atoms with E-state index in [4.69, 9.17) is 4.74 Å². The van der Waals surface area contributed by atoms with Crippen molar-refractivity contribution in [1.82, 2.24) is 8.87 Å². The lowest BCUT2D eigenvalue weighted by Gasteiger charge is -2.32. The van der Waals surface area contributed by atoms with Crippen LogP contribution < -0.4 is 4.74 Å². The van der Waals surface area contributed by atoms with Crippen LogP contribution in [-0.4, -0.2) is 37.5 Å². The molecule has 0 radical (unpaired) electrons. The van der Waals surface area contributed by atoms with Gasteiger partial charge < -0.3 is 9.30 Å². The summed E-state index contributed by atoms with van der Waals surface area (Å²) >= 11 is 0. The zero-order valence-electron chi connectivity index (χ0n) is 21.5. The fourth-order valence-corrected chi connectivity index (χ4v) is 7.42. The van der Waals surface area contributed by atoms with Gasteiger partial charge in [-0.1, -0.05) is 42.5 Å². The second-order valence-corrected chi connectivity index (χ2v) is 11.8. The summed E-state index contributed by atoms with van der Waals surface area (Å²) in [7, 11) is -1.80. The second-order valence-electron chi connectivity index (χ2n) is 9.90. The van der Waals surface area contributed by atoms with E-state index in [-0.39, 0.29) is 0 Å². The predicted octanol–water partition coefficient (Wildman–Crippen LogP) is 6.19. The molecule has 5 nitrogen and oxygen atoms in total. The van der Waals surface area contributed by atoms with Gasteiger partial charge in [-0.15, -0.1) is 0 Å². The third kappa shape index (κ3) is 4.44. The maximum atomic E-state index is 13.5. The number of rotatable bonds is 6. The topological polar surface area (TPSA) is 51.5 Å². The molecule has 1 aliphatic heterocycles. The van der Waals surface area contributed by atoms with Crippen LogP contribution in [-0.2, 0) is 16.6 Å². The molecule has 36 heavy (non-hydrogen) atoms. The second kappa shape index (κ2) is 9.75. The van der Waals surface area contributed by atoms with E-state index in [0.29, 0.717) is 23.9 Å². The Balaban J connectivity index is 1.43. The highest BCUT2D eigenvalue weighted by Gasteiger charge is 2.33. The van der Waals surface area contributed by atoms with Gasteiger partial charge >= 0.3 is 0 Å². The van der Waals surface area contributed by atoms with Gasteiger partial charge in [0.25, 0.3) is 0 Å². The smallest absolute Gasteiger partial charge is 0.243 e. The number of nitrogens with zero attached hydrogens (tertiary/aromatic N) is 2. The fourth-order valence-electron chi connectivity index (χ4n) is 5.64. The molecule has 0 aliphatic carbocycles. The number of hydrogen-bond acceptors (Lipinski definition) is 3. The normalized spacial score (nSPS) is 15.4. The number of fused-ring (bicyclic) bond motifs is 1. The number of aryl methyl sites for hydroxylation is 2. The third-order valence-electron chi connectivity index (χ3n) is 7.58. The lowest BCUT2D eigenvalue weighted by Crippen LogP contribution is -2.38. The molecule has 3 aromatic carbocycles. The summed E-state index contributed by atoms with van der Waals surface area (Å²) in [6, 6.07) is 22.5. The summed E-state index contributed by atoms with van der Waals surface area (Å²) in [6.07, 6.45) is 1.64. The zero-order chi connectivity index (χ0) is 25.4. The first-order valence-corrected chi connectivity index (χ1v) is 14.0. The minimum absolute atomic E-state index is 0.325. The summed E-state index contributed by atoms with van der Waals surface area (Å²) in [4.78, 5) is 0.437. The summed E-state index contributed by atoms with van der Waals surface area (Å²) < 4.78 is 36.4. The monoisotopic (exact) mass is 502 g/mol. The molecular weight excluding hydrogens is 468 g/mol. The van der Waals surface area contributed by atoms with Crippen molar-refractivity contribution in [2.75, 3.05) is 20.2 Å². The summed E-state index contributed by atoms with van der Waals surface area (Å²) in [5, 5.41) is 1.27. The molecule has 188 valence electrons. The maximum absolute atomic E-state index is 13.5. The number of aromatic nitrogens is 1. The van der Waals surface area contributed by atoms with E-state index in [0.717, 1.165) is 36.3 Å². The highest BCUT2D eigenvalue weighted by atomic mass is 32.2. The number of ether oxygens (including phenoxy) is 1. The highest BCUT2D eigenvalue weighted by Crippen LogP contribution is 2.39. The van der Waals surface area contributed by atoms with Crippen LogP contribution in [0, 0.1) is 20.8 Å². The molecule has 0 spiro atoms. The first-order valence-electron chi connectivity index (χ1n) is 12.6. The van der Waals surface area contributed by atoms with Gasteiger partial charge in [-0.3, -0.25) is 0 Å². The molecule has 4 aromatic rings. The number of sulfonamides is 1. The molecule has 0 atom stereocenters. The van der Waals surface area contributed by atoms with Gasteiger partial charge in [0.15, 0.2) is 0 Å². The Morgan fingerprint density at radius 1 is 0.917 bits per heavy atom. The molecule has 0 saturated carbocycles.